The third-order valence-corrected chi connectivity index (χ3v) is 3.09. The fourth-order valence-electron chi connectivity index (χ4n) is 1.39. The number of thioether (sulfide) groups is 1. The van der Waals surface area contributed by atoms with Gasteiger partial charge in [0.2, 0.25) is 11.9 Å². The molecule has 5 nitrogen and oxygen atoms in total. The zero-order valence-electron chi connectivity index (χ0n) is 10.3. The first-order chi connectivity index (χ1) is 8.63. The number of aromatic nitrogens is 3. The van der Waals surface area contributed by atoms with Crippen molar-refractivity contribution in [3.63, 3.8) is 0 Å². The minimum Gasteiger partial charge on any atom is -0.368 e. The lowest BCUT2D eigenvalue weighted by Crippen LogP contribution is -2.01. The molecule has 0 saturated carbocycles. The first-order valence-corrected chi connectivity index (χ1v) is 6.50. The second-order valence-corrected chi connectivity index (χ2v) is 5.63. The van der Waals surface area contributed by atoms with Crippen LogP contribution in [0.25, 0.3) is 0 Å². The number of hydrogen-bond acceptors (Lipinski definition) is 6. The van der Waals surface area contributed by atoms with Gasteiger partial charge in [0.15, 0.2) is 0 Å². The highest BCUT2D eigenvalue weighted by atomic mass is 32.2. The second-order valence-electron chi connectivity index (χ2n) is 3.98. The Morgan fingerprint density at radius 2 is 1.89 bits per heavy atom. The predicted molar refractivity (Wildman–Crippen MR) is 75.0 cm³/mol. The van der Waals surface area contributed by atoms with Crippen molar-refractivity contribution in [2.45, 2.75) is 24.0 Å². The number of nitrogens with zero attached hydrogens (tertiary/aromatic N) is 3. The van der Waals surface area contributed by atoms with Crippen LogP contribution >= 0.6 is 11.8 Å². The van der Waals surface area contributed by atoms with E-state index in [4.69, 9.17) is 5.73 Å². The zero-order chi connectivity index (χ0) is 13.0. The molecule has 2 rings (SSSR count). The van der Waals surface area contributed by atoms with Crippen LogP contribution in [0.3, 0.4) is 0 Å². The molecular formula is C12H15N5S. The topological polar surface area (TPSA) is 76.7 Å². The van der Waals surface area contributed by atoms with Gasteiger partial charge in [-0.25, -0.2) is 9.97 Å². The Morgan fingerprint density at radius 1 is 1.17 bits per heavy atom. The van der Waals surface area contributed by atoms with E-state index in [1.54, 1.807) is 0 Å². The second kappa shape index (κ2) is 5.68. The van der Waals surface area contributed by atoms with Gasteiger partial charge in [-0.3, -0.25) is 0 Å². The summed E-state index contributed by atoms with van der Waals surface area (Å²) in [6, 6.07) is 8.12. The molecule has 1 aromatic carbocycles. The van der Waals surface area contributed by atoms with E-state index in [1.807, 2.05) is 23.9 Å². The molecular weight excluding hydrogens is 246 g/mol. The predicted octanol–water partition coefficient (Wildman–Crippen LogP) is 2.70. The number of nitrogens with one attached hydrogen (secondary N) is 1. The molecule has 3 N–H and O–H groups in total. The first kappa shape index (κ1) is 12.6. The lowest BCUT2D eigenvalue weighted by molar-refractivity contribution is 1.07. The molecule has 0 aliphatic rings. The quantitative estimate of drug-likeness (QED) is 0.824. The molecule has 1 aromatic heterocycles. The fourth-order valence-corrected chi connectivity index (χ4v) is 2.22. The molecule has 0 bridgehead atoms. The zero-order valence-corrected chi connectivity index (χ0v) is 11.1. The summed E-state index contributed by atoms with van der Waals surface area (Å²) in [4.78, 5) is 12.9. The van der Waals surface area contributed by atoms with Crippen molar-refractivity contribution < 1.29 is 0 Å². The highest BCUT2D eigenvalue weighted by Gasteiger charge is 2.01. The van der Waals surface area contributed by atoms with E-state index in [9.17, 15) is 0 Å². The monoisotopic (exact) mass is 261 g/mol. The molecule has 0 amide bonds. The van der Waals surface area contributed by atoms with Gasteiger partial charge in [0.05, 0.1) is 0 Å². The van der Waals surface area contributed by atoms with Crippen LogP contribution in [0.15, 0.2) is 35.5 Å². The van der Waals surface area contributed by atoms with Crippen LogP contribution in [-0.2, 0) is 0 Å². The van der Waals surface area contributed by atoms with Gasteiger partial charge >= 0.3 is 0 Å². The molecule has 0 saturated heterocycles. The molecule has 0 spiro atoms. The highest BCUT2D eigenvalue weighted by molar-refractivity contribution is 7.99. The first-order valence-electron chi connectivity index (χ1n) is 5.62. The fraction of sp³-hybridized carbons (Fsp3) is 0.250. The third-order valence-electron chi connectivity index (χ3n) is 2.07. The van der Waals surface area contributed by atoms with E-state index in [-0.39, 0.29) is 5.95 Å². The van der Waals surface area contributed by atoms with Crippen LogP contribution in [0.1, 0.15) is 13.8 Å². The van der Waals surface area contributed by atoms with Crippen LogP contribution < -0.4 is 11.1 Å². The summed E-state index contributed by atoms with van der Waals surface area (Å²) < 4.78 is 0. The van der Waals surface area contributed by atoms with E-state index in [1.165, 1.54) is 11.2 Å². The number of rotatable bonds is 4. The number of benzene rings is 1. The summed E-state index contributed by atoms with van der Waals surface area (Å²) in [5.41, 5.74) is 6.41. The van der Waals surface area contributed by atoms with Crippen molar-refractivity contribution in [3.8, 4) is 0 Å². The summed E-state index contributed by atoms with van der Waals surface area (Å²) in [5, 5.41) is 3.65. The van der Waals surface area contributed by atoms with Crippen molar-refractivity contribution in [1.29, 1.82) is 0 Å². The minimum atomic E-state index is 0.208. The average molecular weight is 261 g/mol. The van der Waals surface area contributed by atoms with Crippen molar-refractivity contribution in [2.75, 3.05) is 11.1 Å². The number of hydrogen-bond donors (Lipinski definition) is 2. The van der Waals surface area contributed by atoms with Crippen molar-refractivity contribution >= 4 is 29.3 Å². The Morgan fingerprint density at radius 3 is 2.50 bits per heavy atom. The number of nitrogens with two attached hydrogens (primary N) is 1. The summed E-state index contributed by atoms with van der Waals surface area (Å²) in [6.45, 7) is 4.34. The van der Waals surface area contributed by atoms with E-state index < -0.39 is 0 Å². The van der Waals surface area contributed by atoms with Gasteiger partial charge in [-0.1, -0.05) is 13.8 Å². The molecule has 0 aliphatic heterocycles. The molecule has 0 atom stereocenters. The Bertz CT molecular complexity index is 512. The normalized spacial score (nSPS) is 10.6. The van der Waals surface area contributed by atoms with E-state index >= 15 is 0 Å². The van der Waals surface area contributed by atoms with Crippen LogP contribution in [-0.4, -0.2) is 20.2 Å². The maximum Gasteiger partial charge on any atom is 0.231 e. The molecule has 94 valence electrons. The third kappa shape index (κ3) is 3.59. The molecule has 6 heteroatoms. The summed E-state index contributed by atoms with van der Waals surface area (Å²) in [7, 11) is 0. The van der Waals surface area contributed by atoms with Crippen LogP contribution in [0.5, 0.6) is 0 Å². The van der Waals surface area contributed by atoms with Crippen molar-refractivity contribution in [2.24, 2.45) is 0 Å². The van der Waals surface area contributed by atoms with Crippen LogP contribution in [0, 0.1) is 0 Å². The summed E-state index contributed by atoms with van der Waals surface area (Å²) >= 11 is 1.83. The summed E-state index contributed by atoms with van der Waals surface area (Å²) in [5.74, 6) is 0.659. The van der Waals surface area contributed by atoms with Crippen molar-refractivity contribution in [3.05, 3.63) is 30.6 Å². The van der Waals surface area contributed by atoms with Gasteiger partial charge in [-0.05, 0) is 24.3 Å². The number of nitrogen functional groups attached to an aromatic ring is 1. The van der Waals surface area contributed by atoms with E-state index in [2.05, 4.69) is 46.2 Å². The lowest BCUT2D eigenvalue weighted by Gasteiger charge is -2.07. The van der Waals surface area contributed by atoms with Crippen LogP contribution in [0.2, 0.25) is 0 Å². The Kier molecular flexibility index (Phi) is 3.99. The van der Waals surface area contributed by atoms with Gasteiger partial charge < -0.3 is 11.1 Å². The summed E-state index contributed by atoms with van der Waals surface area (Å²) in [6.07, 6.45) is 1.38. The lowest BCUT2D eigenvalue weighted by atomic mass is 10.3. The van der Waals surface area contributed by atoms with Gasteiger partial charge in [0, 0.05) is 15.8 Å². The maximum atomic E-state index is 5.49. The molecule has 0 aliphatic carbocycles. The largest absolute Gasteiger partial charge is 0.368 e. The van der Waals surface area contributed by atoms with E-state index in [0.29, 0.717) is 11.2 Å². The molecule has 2 aromatic rings. The molecule has 0 fully saturated rings. The SMILES string of the molecule is CC(C)Sc1ccc(Nc2ncnc(N)n2)cc1. The maximum absolute atomic E-state index is 5.49. The Hall–Kier alpha value is -1.82. The Labute approximate surface area is 110 Å². The molecule has 0 radical (unpaired) electrons. The molecule has 1 heterocycles. The Balaban J connectivity index is 2.06. The van der Waals surface area contributed by atoms with Gasteiger partial charge in [-0.15, -0.1) is 11.8 Å². The minimum absolute atomic E-state index is 0.208. The smallest absolute Gasteiger partial charge is 0.231 e. The molecule has 0 unspecified atom stereocenters. The molecule has 18 heavy (non-hydrogen) atoms. The van der Waals surface area contributed by atoms with Gasteiger partial charge in [-0.2, -0.15) is 4.98 Å². The average Bonchev–Trinajstić information content (AvgIpc) is 2.31. The van der Waals surface area contributed by atoms with E-state index in [0.717, 1.165) is 5.69 Å². The standard InChI is InChI=1S/C12H15N5S/c1-8(2)18-10-5-3-9(4-6-10)16-12-15-7-14-11(13)17-12/h3-8H,1-2H3,(H3,13,14,15,16,17). The van der Waals surface area contributed by atoms with Crippen molar-refractivity contribution in [1.82, 2.24) is 15.0 Å². The van der Waals surface area contributed by atoms with Crippen LogP contribution in [0.4, 0.5) is 17.6 Å². The van der Waals surface area contributed by atoms with Gasteiger partial charge in [0.25, 0.3) is 0 Å². The van der Waals surface area contributed by atoms with Gasteiger partial charge in [0.1, 0.15) is 6.33 Å². The highest BCUT2D eigenvalue weighted by Crippen LogP contribution is 2.24. The number of anilines is 3.